The fraction of sp³-hybridized carbons (Fsp3) is 0.300. The van der Waals surface area contributed by atoms with E-state index >= 15 is 0 Å². The molecule has 0 bridgehead atoms. The van der Waals surface area contributed by atoms with E-state index in [9.17, 15) is 14.7 Å². The summed E-state index contributed by atoms with van der Waals surface area (Å²) >= 11 is 0. The molecule has 0 aliphatic rings. The van der Waals surface area contributed by atoms with E-state index in [1.165, 1.54) is 18.2 Å². The maximum Gasteiger partial charge on any atom is 0.342 e. The number of hydrogen-bond acceptors (Lipinski definition) is 7. The van der Waals surface area contributed by atoms with Gasteiger partial charge < -0.3 is 29.9 Å². The summed E-state index contributed by atoms with van der Waals surface area (Å²) in [5.74, 6) is -1.95. The van der Waals surface area contributed by atoms with Gasteiger partial charge in [-0.15, -0.1) is 0 Å². The number of carbonyl (C=O) groups is 2. The molecule has 152 valence electrons. The van der Waals surface area contributed by atoms with Gasteiger partial charge in [0.05, 0.1) is 12.2 Å². The first-order valence-electron chi connectivity index (χ1n) is 8.47. The summed E-state index contributed by atoms with van der Waals surface area (Å²) in [7, 11) is 0. The lowest BCUT2D eigenvalue weighted by Crippen LogP contribution is -2.12. The van der Waals surface area contributed by atoms with Crippen LogP contribution >= 0.6 is 0 Å². The van der Waals surface area contributed by atoms with Crippen molar-refractivity contribution >= 4 is 11.9 Å². The molecule has 0 spiro atoms. The fourth-order valence-corrected chi connectivity index (χ4v) is 2.01. The van der Waals surface area contributed by atoms with Gasteiger partial charge in [0.1, 0.15) is 34.1 Å². The normalized spacial score (nSPS) is 10.2. The minimum atomic E-state index is -1.22. The zero-order valence-corrected chi connectivity index (χ0v) is 16.0. The molecule has 0 atom stereocenters. The number of carboxylic acid groups (broad SMARTS) is 1. The van der Waals surface area contributed by atoms with Gasteiger partial charge in [0.25, 0.3) is 0 Å². The van der Waals surface area contributed by atoms with Gasteiger partial charge >= 0.3 is 11.9 Å². The molecular formula is C20H24O8. The maximum atomic E-state index is 11.6. The Morgan fingerprint density at radius 3 is 1.86 bits per heavy atom. The van der Waals surface area contributed by atoms with Crippen LogP contribution in [0.1, 0.15) is 48.4 Å². The van der Waals surface area contributed by atoms with E-state index in [2.05, 4.69) is 0 Å². The molecule has 0 unspecified atom stereocenters. The van der Waals surface area contributed by atoms with Gasteiger partial charge in [-0.05, 0) is 52.0 Å². The van der Waals surface area contributed by atoms with Gasteiger partial charge in [-0.2, -0.15) is 0 Å². The molecule has 28 heavy (non-hydrogen) atoms. The number of phenols is 3. The van der Waals surface area contributed by atoms with Gasteiger partial charge in [0.2, 0.25) is 0 Å². The van der Waals surface area contributed by atoms with E-state index < -0.39 is 17.7 Å². The second kappa shape index (κ2) is 10.1. The second-order valence-corrected chi connectivity index (χ2v) is 6.31. The number of aromatic hydroxyl groups is 3. The average molecular weight is 392 g/mol. The van der Waals surface area contributed by atoms with Crippen LogP contribution < -0.4 is 4.74 Å². The summed E-state index contributed by atoms with van der Waals surface area (Å²) in [5, 5.41) is 35.8. The van der Waals surface area contributed by atoms with Crippen LogP contribution in [0.3, 0.4) is 0 Å². The lowest BCUT2D eigenvalue weighted by atomic mass is 10.2. The van der Waals surface area contributed by atoms with Crippen molar-refractivity contribution in [2.24, 2.45) is 0 Å². The van der Waals surface area contributed by atoms with Crippen molar-refractivity contribution < 1.29 is 39.5 Å². The fourth-order valence-electron chi connectivity index (χ4n) is 2.01. The van der Waals surface area contributed by atoms with Crippen LogP contribution in [0.2, 0.25) is 0 Å². The topological polar surface area (TPSA) is 134 Å². The third-order valence-corrected chi connectivity index (χ3v) is 3.12. The largest absolute Gasteiger partial charge is 0.508 e. The summed E-state index contributed by atoms with van der Waals surface area (Å²) in [5.41, 5.74) is -0.0717. The number of benzene rings is 2. The van der Waals surface area contributed by atoms with Crippen LogP contribution in [0.25, 0.3) is 0 Å². The second-order valence-electron chi connectivity index (χ2n) is 6.31. The molecule has 2 aromatic rings. The Hall–Kier alpha value is -3.42. The van der Waals surface area contributed by atoms with Gasteiger partial charge in [-0.1, -0.05) is 0 Å². The van der Waals surface area contributed by atoms with Crippen LogP contribution in [0.5, 0.6) is 23.0 Å². The Morgan fingerprint density at radius 2 is 1.39 bits per heavy atom. The number of ether oxygens (including phenoxy) is 2. The van der Waals surface area contributed by atoms with Crippen LogP contribution in [-0.4, -0.2) is 44.6 Å². The monoisotopic (exact) mass is 392 g/mol. The van der Waals surface area contributed by atoms with E-state index in [4.69, 9.17) is 24.8 Å². The van der Waals surface area contributed by atoms with Crippen LogP contribution in [0.15, 0.2) is 36.4 Å². The van der Waals surface area contributed by atoms with Crippen molar-refractivity contribution in [3.8, 4) is 23.0 Å². The van der Waals surface area contributed by atoms with Gasteiger partial charge in [-0.3, -0.25) is 0 Å². The highest BCUT2D eigenvalue weighted by Gasteiger charge is 2.15. The Morgan fingerprint density at radius 1 is 0.821 bits per heavy atom. The first-order chi connectivity index (χ1) is 13.0. The Balaban J connectivity index is 0.000000307. The molecule has 0 heterocycles. The maximum absolute atomic E-state index is 11.6. The van der Waals surface area contributed by atoms with Crippen LogP contribution in [0, 0.1) is 0 Å². The molecule has 2 rings (SSSR count). The smallest absolute Gasteiger partial charge is 0.342 e. The van der Waals surface area contributed by atoms with Gasteiger partial charge in [0, 0.05) is 12.1 Å². The average Bonchev–Trinajstić information content (AvgIpc) is 2.53. The molecule has 0 aromatic heterocycles. The van der Waals surface area contributed by atoms with E-state index in [0.717, 1.165) is 12.1 Å². The van der Waals surface area contributed by atoms with Crippen molar-refractivity contribution in [2.75, 3.05) is 0 Å². The molecule has 0 amide bonds. The third-order valence-electron chi connectivity index (χ3n) is 3.12. The molecule has 0 aliphatic heterocycles. The molecular weight excluding hydrogens is 368 g/mol. The van der Waals surface area contributed by atoms with Crippen LogP contribution in [0.4, 0.5) is 0 Å². The predicted octanol–water partition coefficient (Wildman–Crippen LogP) is 3.54. The summed E-state index contributed by atoms with van der Waals surface area (Å²) < 4.78 is 10.4. The van der Waals surface area contributed by atoms with Crippen LogP contribution in [-0.2, 0) is 4.74 Å². The molecule has 0 radical (unpaired) electrons. The summed E-state index contributed by atoms with van der Waals surface area (Å²) in [6, 6.07) is 7.85. The molecule has 0 fully saturated rings. The van der Waals surface area contributed by atoms with Crippen molar-refractivity contribution in [3.05, 3.63) is 47.5 Å². The molecule has 0 saturated heterocycles. The highest BCUT2D eigenvalue weighted by Crippen LogP contribution is 2.25. The Bertz CT molecular complexity index is 827. The molecule has 0 saturated carbocycles. The molecule has 2 aromatic carbocycles. The van der Waals surface area contributed by atoms with Crippen molar-refractivity contribution in [3.63, 3.8) is 0 Å². The Labute approximate surface area is 162 Å². The van der Waals surface area contributed by atoms with E-state index in [0.29, 0.717) is 5.75 Å². The highest BCUT2D eigenvalue weighted by molar-refractivity contribution is 5.92. The van der Waals surface area contributed by atoms with Crippen molar-refractivity contribution in [2.45, 2.75) is 39.9 Å². The van der Waals surface area contributed by atoms with Gasteiger partial charge in [0.15, 0.2) is 0 Å². The van der Waals surface area contributed by atoms with Crippen molar-refractivity contribution in [1.82, 2.24) is 0 Å². The zero-order chi connectivity index (χ0) is 21.4. The summed E-state index contributed by atoms with van der Waals surface area (Å²) in [6.45, 7) is 7.28. The summed E-state index contributed by atoms with van der Waals surface area (Å²) in [4.78, 5) is 21.9. The molecule has 8 heteroatoms. The Kier molecular flexibility index (Phi) is 8.12. The molecule has 4 N–H and O–H groups in total. The number of carboxylic acids is 1. The summed E-state index contributed by atoms with van der Waals surface area (Å²) in [6.07, 6.45) is -0.198. The predicted molar refractivity (Wildman–Crippen MR) is 101 cm³/mol. The lowest BCUT2D eigenvalue weighted by molar-refractivity contribution is 0.0374. The number of rotatable bonds is 5. The number of aromatic carboxylic acids is 1. The van der Waals surface area contributed by atoms with E-state index in [1.807, 2.05) is 13.8 Å². The van der Waals surface area contributed by atoms with E-state index in [1.54, 1.807) is 19.9 Å². The number of carbonyl (C=O) groups excluding carboxylic acids is 1. The number of hydrogen-bond donors (Lipinski definition) is 4. The minimum Gasteiger partial charge on any atom is -0.508 e. The quantitative estimate of drug-likeness (QED) is 0.568. The standard InChI is InChI=1S/C13H18O4.C7H6O4/c1-8(2)16-10-5-6-11(12(14)7-10)13(15)17-9(3)4;8-4-1-2-5(7(10)11)6(9)3-4/h5-9,14H,1-4H3;1-3,8-9H,(H,10,11). The lowest BCUT2D eigenvalue weighted by Gasteiger charge is -2.12. The third kappa shape index (κ3) is 7.06. The number of esters is 1. The minimum absolute atomic E-state index is 0.0165. The first kappa shape index (κ1) is 22.6. The SMILES string of the molecule is CC(C)OC(=O)c1ccc(OC(C)C)cc1O.O=C(O)c1ccc(O)cc1O. The first-order valence-corrected chi connectivity index (χ1v) is 8.47. The van der Waals surface area contributed by atoms with E-state index in [-0.39, 0.29) is 34.8 Å². The number of phenolic OH excluding ortho intramolecular Hbond substituents is 2. The van der Waals surface area contributed by atoms with Crippen molar-refractivity contribution in [1.29, 1.82) is 0 Å². The zero-order valence-electron chi connectivity index (χ0n) is 16.0. The molecule has 0 aliphatic carbocycles. The molecule has 8 nitrogen and oxygen atoms in total. The highest BCUT2D eigenvalue weighted by atomic mass is 16.5. The van der Waals surface area contributed by atoms with Gasteiger partial charge in [-0.25, -0.2) is 9.59 Å².